The molecule has 2 aliphatic rings. The highest BCUT2D eigenvalue weighted by Gasteiger charge is 2.47. The van der Waals surface area contributed by atoms with Crippen molar-refractivity contribution in [2.24, 2.45) is 5.92 Å². The normalized spacial score (nSPS) is 33.9. The van der Waals surface area contributed by atoms with Crippen LogP contribution in [0.5, 0.6) is 0 Å². The number of esters is 1. The molecular formula is C13H14O2. The molecule has 1 aromatic carbocycles. The van der Waals surface area contributed by atoms with Gasteiger partial charge in [-0.1, -0.05) is 30.3 Å². The largest absolute Gasteiger partial charge is 0.461 e. The van der Waals surface area contributed by atoms with Crippen LogP contribution in [-0.4, -0.2) is 12.1 Å². The summed E-state index contributed by atoms with van der Waals surface area (Å²) in [6, 6.07) is 10.3. The molecule has 1 saturated heterocycles. The zero-order valence-electron chi connectivity index (χ0n) is 8.56. The zero-order valence-corrected chi connectivity index (χ0v) is 8.56. The Morgan fingerprint density at radius 2 is 1.93 bits per heavy atom. The summed E-state index contributed by atoms with van der Waals surface area (Å²) in [6.07, 6.45) is 3.29. The van der Waals surface area contributed by atoms with Crippen LogP contribution in [0.15, 0.2) is 30.3 Å². The van der Waals surface area contributed by atoms with Crippen molar-refractivity contribution in [2.75, 3.05) is 0 Å². The maximum absolute atomic E-state index is 11.6. The summed E-state index contributed by atoms with van der Waals surface area (Å²) >= 11 is 0. The first-order valence-corrected chi connectivity index (χ1v) is 5.62. The van der Waals surface area contributed by atoms with Crippen molar-refractivity contribution in [3.05, 3.63) is 35.9 Å². The second-order valence-electron chi connectivity index (χ2n) is 4.45. The molecule has 0 amide bonds. The molecule has 0 radical (unpaired) electrons. The molecule has 15 heavy (non-hydrogen) atoms. The van der Waals surface area contributed by atoms with Gasteiger partial charge in [0.15, 0.2) is 0 Å². The van der Waals surface area contributed by atoms with Gasteiger partial charge in [-0.2, -0.15) is 0 Å². The Kier molecular flexibility index (Phi) is 2.01. The van der Waals surface area contributed by atoms with Crippen LogP contribution in [0.25, 0.3) is 0 Å². The summed E-state index contributed by atoms with van der Waals surface area (Å²) in [5, 5.41) is 0. The number of hydrogen-bond donors (Lipinski definition) is 0. The molecule has 2 bridgehead atoms. The van der Waals surface area contributed by atoms with E-state index in [1.165, 1.54) is 5.56 Å². The minimum atomic E-state index is 0.0198. The molecule has 2 nitrogen and oxygen atoms in total. The zero-order chi connectivity index (χ0) is 10.3. The van der Waals surface area contributed by atoms with Gasteiger partial charge in [0, 0.05) is 5.92 Å². The number of rotatable bonds is 1. The van der Waals surface area contributed by atoms with E-state index >= 15 is 0 Å². The van der Waals surface area contributed by atoms with Crippen molar-refractivity contribution in [3.8, 4) is 0 Å². The van der Waals surface area contributed by atoms with Gasteiger partial charge in [-0.25, -0.2) is 0 Å². The molecule has 2 fully saturated rings. The highest BCUT2D eigenvalue weighted by molar-refractivity contribution is 5.77. The van der Waals surface area contributed by atoms with E-state index in [-0.39, 0.29) is 18.0 Å². The average molecular weight is 202 g/mol. The van der Waals surface area contributed by atoms with Crippen molar-refractivity contribution < 1.29 is 9.53 Å². The number of carbonyl (C=O) groups is 1. The van der Waals surface area contributed by atoms with Crippen molar-refractivity contribution >= 4 is 5.97 Å². The summed E-state index contributed by atoms with van der Waals surface area (Å²) in [5.41, 5.74) is 1.26. The van der Waals surface area contributed by atoms with E-state index in [2.05, 4.69) is 12.1 Å². The van der Waals surface area contributed by atoms with Gasteiger partial charge in [-0.3, -0.25) is 4.79 Å². The standard InChI is InChI=1S/C13H14O2/c14-13-10-7-4-8-11(15-13)12(10)9-5-2-1-3-6-9/h1-3,5-6,10-12H,4,7-8H2/t10?,11?,12-/m0/s1. The molecule has 0 N–H and O–H groups in total. The van der Waals surface area contributed by atoms with Crippen LogP contribution in [0.2, 0.25) is 0 Å². The first kappa shape index (κ1) is 8.96. The SMILES string of the molecule is O=C1OC2CCCC1[C@@H]2c1ccccc1. The van der Waals surface area contributed by atoms with Crippen molar-refractivity contribution in [3.63, 3.8) is 0 Å². The van der Waals surface area contributed by atoms with Crippen molar-refractivity contribution in [1.29, 1.82) is 0 Å². The predicted molar refractivity (Wildman–Crippen MR) is 56.4 cm³/mol. The molecule has 1 aromatic rings. The molecule has 1 heterocycles. The Morgan fingerprint density at radius 3 is 2.67 bits per heavy atom. The molecule has 0 spiro atoms. The van der Waals surface area contributed by atoms with Crippen LogP contribution < -0.4 is 0 Å². The fraction of sp³-hybridized carbons (Fsp3) is 0.462. The summed E-state index contributed by atoms with van der Waals surface area (Å²) in [4.78, 5) is 11.6. The number of carbonyl (C=O) groups excluding carboxylic acids is 1. The fourth-order valence-electron chi connectivity index (χ4n) is 2.91. The van der Waals surface area contributed by atoms with Gasteiger partial charge in [0.1, 0.15) is 6.10 Å². The maximum Gasteiger partial charge on any atom is 0.309 e. The lowest BCUT2D eigenvalue weighted by Gasteiger charge is -2.25. The van der Waals surface area contributed by atoms with E-state index in [4.69, 9.17) is 4.74 Å². The molecule has 1 aliphatic carbocycles. The van der Waals surface area contributed by atoms with E-state index in [1.54, 1.807) is 0 Å². The molecule has 2 heteroatoms. The van der Waals surface area contributed by atoms with Gasteiger partial charge in [0.25, 0.3) is 0 Å². The van der Waals surface area contributed by atoms with Crippen LogP contribution in [0.1, 0.15) is 30.7 Å². The Bertz CT molecular complexity index is 371. The predicted octanol–water partition coefficient (Wildman–Crippen LogP) is 2.50. The van der Waals surface area contributed by atoms with Gasteiger partial charge >= 0.3 is 5.97 Å². The van der Waals surface area contributed by atoms with Gasteiger partial charge < -0.3 is 4.74 Å². The van der Waals surface area contributed by atoms with Crippen LogP contribution >= 0.6 is 0 Å². The van der Waals surface area contributed by atoms with Gasteiger partial charge in [-0.05, 0) is 24.8 Å². The van der Waals surface area contributed by atoms with E-state index < -0.39 is 0 Å². The Balaban J connectivity index is 1.97. The minimum absolute atomic E-state index is 0.0198. The molecule has 3 atom stereocenters. The lowest BCUT2D eigenvalue weighted by atomic mass is 9.76. The number of benzene rings is 1. The lowest BCUT2D eigenvalue weighted by molar-refractivity contribution is -0.143. The smallest absolute Gasteiger partial charge is 0.309 e. The molecular weight excluding hydrogens is 188 g/mol. The van der Waals surface area contributed by atoms with Crippen molar-refractivity contribution in [1.82, 2.24) is 0 Å². The third-order valence-electron chi connectivity index (χ3n) is 3.59. The highest BCUT2D eigenvalue weighted by atomic mass is 16.6. The van der Waals surface area contributed by atoms with Gasteiger partial charge in [-0.15, -0.1) is 0 Å². The number of hydrogen-bond acceptors (Lipinski definition) is 2. The summed E-state index contributed by atoms with van der Waals surface area (Å²) in [7, 11) is 0. The Morgan fingerprint density at radius 1 is 1.13 bits per heavy atom. The topological polar surface area (TPSA) is 26.3 Å². The van der Waals surface area contributed by atoms with E-state index in [0.717, 1.165) is 19.3 Å². The second kappa shape index (κ2) is 3.37. The van der Waals surface area contributed by atoms with Gasteiger partial charge in [0.2, 0.25) is 0 Å². The average Bonchev–Trinajstić information content (AvgIpc) is 2.47. The summed E-state index contributed by atoms with van der Waals surface area (Å²) in [5.74, 6) is 0.449. The highest BCUT2D eigenvalue weighted by Crippen LogP contribution is 2.45. The third-order valence-corrected chi connectivity index (χ3v) is 3.59. The third kappa shape index (κ3) is 1.36. The lowest BCUT2D eigenvalue weighted by Crippen LogP contribution is -2.23. The Hall–Kier alpha value is -1.31. The molecule has 1 saturated carbocycles. The first-order chi connectivity index (χ1) is 7.36. The van der Waals surface area contributed by atoms with E-state index in [9.17, 15) is 4.79 Å². The quantitative estimate of drug-likeness (QED) is 0.654. The van der Waals surface area contributed by atoms with Gasteiger partial charge in [0.05, 0.1) is 5.92 Å². The fourth-order valence-corrected chi connectivity index (χ4v) is 2.91. The summed E-state index contributed by atoms with van der Waals surface area (Å²) in [6.45, 7) is 0. The Labute approximate surface area is 89.2 Å². The molecule has 78 valence electrons. The van der Waals surface area contributed by atoms with Crippen LogP contribution in [0, 0.1) is 5.92 Å². The first-order valence-electron chi connectivity index (χ1n) is 5.62. The van der Waals surface area contributed by atoms with Crippen LogP contribution in [0.4, 0.5) is 0 Å². The van der Waals surface area contributed by atoms with E-state index in [1.807, 2.05) is 18.2 Å². The van der Waals surface area contributed by atoms with E-state index in [0.29, 0.717) is 5.92 Å². The molecule has 1 aliphatic heterocycles. The summed E-state index contributed by atoms with van der Waals surface area (Å²) < 4.78 is 5.41. The molecule has 3 rings (SSSR count). The second-order valence-corrected chi connectivity index (χ2v) is 4.45. The monoisotopic (exact) mass is 202 g/mol. The van der Waals surface area contributed by atoms with Crippen LogP contribution in [-0.2, 0) is 9.53 Å². The molecule has 0 aromatic heterocycles. The van der Waals surface area contributed by atoms with Crippen molar-refractivity contribution in [2.45, 2.75) is 31.3 Å². The molecule has 2 unspecified atom stereocenters. The number of fused-ring (bicyclic) bond motifs is 2. The maximum atomic E-state index is 11.6. The number of ether oxygens (including phenoxy) is 1. The minimum Gasteiger partial charge on any atom is -0.461 e. The van der Waals surface area contributed by atoms with Crippen LogP contribution in [0.3, 0.4) is 0 Å².